The summed E-state index contributed by atoms with van der Waals surface area (Å²) in [5.74, 6) is 0. The molecule has 0 saturated heterocycles. The van der Waals surface area contributed by atoms with Crippen LogP contribution in [-0.2, 0) is 9.47 Å². The molecule has 3 N–H and O–H groups in total. The Kier molecular flexibility index (Phi) is 6.87. The Morgan fingerprint density at radius 1 is 1.37 bits per heavy atom. The maximum Gasteiger partial charge on any atom is 0.407 e. The van der Waals surface area contributed by atoms with Crippen molar-refractivity contribution in [3.63, 3.8) is 0 Å². The van der Waals surface area contributed by atoms with E-state index < -0.39 is 11.7 Å². The highest BCUT2D eigenvalue weighted by Gasteiger charge is 2.26. The zero-order valence-electron chi connectivity index (χ0n) is 12.0. The van der Waals surface area contributed by atoms with Gasteiger partial charge in [-0.1, -0.05) is 25.0 Å². The highest BCUT2D eigenvalue weighted by atomic mass is 16.6. The fraction of sp³-hybridized carbons (Fsp3) is 0.786. The van der Waals surface area contributed by atoms with Gasteiger partial charge >= 0.3 is 6.09 Å². The minimum atomic E-state index is -0.607. The third kappa shape index (κ3) is 7.18. The number of alkyl carbamates (subject to hydrolysis) is 1. The van der Waals surface area contributed by atoms with Crippen LogP contribution in [0.1, 0.15) is 39.5 Å². The Bertz CT molecular complexity index is 297. The molecule has 1 aliphatic carbocycles. The van der Waals surface area contributed by atoms with Crippen LogP contribution in [0.2, 0.25) is 0 Å². The van der Waals surface area contributed by atoms with Gasteiger partial charge in [0, 0.05) is 13.1 Å². The first-order valence-corrected chi connectivity index (χ1v) is 6.97. The lowest BCUT2D eigenvalue weighted by molar-refractivity contribution is -0.0577. The van der Waals surface area contributed by atoms with Crippen molar-refractivity contribution >= 4 is 6.09 Å². The molecule has 110 valence electrons. The summed E-state index contributed by atoms with van der Waals surface area (Å²) in [7, 11) is 0. The number of nitrogens with two attached hydrogens (primary N) is 1. The van der Waals surface area contributed by atoms with Crippen molar-refractivity contribution in [2.24, 2.45) is 5.73 Å². The van der Waals surface area contributed by atoms with Crippen LogP contribution < -0.4 is 11.1 Å². The van der Waals surface area contributed by atoms with Crippen LogP contribution in [0.25, 0.3) is 0 Å². The topological polar surface area (TPSA) is 73.6 Å². The highest BCUT2D eigenvalue weighted by Crippen LogP contribution is 2.22. The van der Waals surface area contributed by atoms with E-state index in [0.717, 1.165) is 12.8 Å². The normalized spacial score (nSPS) is 17.0. The van der Waals surface area contributed by atoms with E-state index in [2.05, 4.69) is 5.32 Å². The van der Waals surface area contributed by atoms with Gasteiger partial charge in [0.2, 0.25) is 0 Å². The molecule has 5 heteroatoms. The van der Waals surface area contributed by atoms with E-state index in [1.807, 2.05) is 13.8 Å². The monoisotopic (exact) mass is 270 g/mol. The molecular formula is C14H26N2O3. The van der Waals surface area contributed by atoms with E-state index >= 15 is 0 Å². The predicted molar refractivity (Wildman–Crippen MR) is 75.0 cm³/mol. The average molecular weight is 270 g/mol. The minimum Gasteiger partial charge on any atom is -0.441 e. The number of rotatable bonds is 7. The van der Waals surface area contributed by atoms with Gasteiger partial charge in [-0.25, -0.2) is 4.79 Å². The van der Waals surface area contributed by atoms with Gasteiger partial charge in [-0.3, -0.25) is 0 Å². The average Bonchev–Trinajstić information content (AvgIpc) is 2.85. The number of carbonyl (C=O) groups excluding carboxylic acids is 1. The maximum absolute atomic E-state index is 11.6. The fourth-order valence-electron chi connectivity index (χ4n) is 2.01. The van der Waals surface area contributed by atoms with Crippen LogP contribution in [0.3, 0.4) is 0 Å². The van der Waals surface area contributed by atoms with E-state index in [1.165, 1.54) is 12.8 Å². The SMILES string of the molecule is CC(C)(COC1CCCC1)OC(=O)NC/C=C/CN. The largest absolute Gasteiger partial charge is 0.441 e. The quantitative estimate of drug-likeness (QED) is 0.694. The molecule has 0 aromatic carbocycles. The van der Waals surface area contributed by atoms with E-state index in [0.29, 0.717) is 25.8 Å². The van der Waals surface area contributed by atoms with Crippen molar-refractivity contribution in [2.75, 3.05) is 19.7 Å². The lowest BCUT2D eigenvalue weighted by Crippen LogP contribution is -2.39. The molecule has 0 atom stereocenters. The summed E-state index contributed by atoms with van der Waals surface area (Å²) in [6.07, 6.45) is 8.19. The van der Waals surface area contributed by atoms with Gasteiger partial charge < -0.3 is 20.5 Å². The fourth-order valence-corrected chi connectivity index (χ4v) is 2.01. The Hall–Kier alpha value is -1.07. The van der Waals surface area contributed by atoms with Crippen molar-refractivity contribution < 1.29 is 14.3 Å². The second kappa shape index (κ2) is 8.17. The molecule has 0 heterocycles. The van der Waals surface area contributed by atoms with Crippen LogP contribution in [-0.4, -0.2) is 37.5 Å². The van der Waals surface area contributed by atoms with E-state index in [4.69, 9.17) is 15.2 Å². The lowest BCUT2D eigenvalue weighted by atomic mass is 10.1. The third-order valence-electron chi connectivity index (χ3n) is 3.00. The molecule has 0 spiro atoms. The van der Waals surface area contributed by atoms with E-state index in [9.17, 15) is 4.79 Å². The van der Waals surface area contributed by atoms with Crippen molar-refractivity contribution in [3.05, 3.63) is 12.2 Å². The second-order valence-electron chi connectivity index (χ2n) is 5.45. The first kappa shape index (κ1) is 16.0. The zero-order valence-corrected chi connectivity index (χ0v) is 12.0. The molecule has 1 fully saturated rings. The molecule has 1 rings (SSSR count). The zero-order chi connectivity index (χ0) is 14.1. The van der Waals surface area contributed by atoms with E-state index in [1.54, 1.807) is 12.2 Å². The summed E-state index contributed by atoms with van der Waals surface area (Å²) in [5, 5.41) is 2.64. The smallest absolute Gasteiger partial charge is 0.407 e. The molecule has 1 amide bonds. The number of amides is 1. The third-order valence-corrected chi connectivity index (χ3v) is 3.00. The first-order valence-electron chi connectivity index (χ1n) is 6.97. The Balaban J connectivity index is 2.20. The molecule has 1 saturated carbocycles. The standard InChI is InChI=1S/C14H26N2O3/c1-14(2,11-18-12-7-3-4-8-12)19-13(17)16-10-6-5-9-15/h5-6,12H,3-4,7-11,15H2,1-2H3,(H,16,17)/b6-5+. The van der Waals surface area contributed by atoms with Crippen molar-refractivity contribution in [1.29, 1.82) is 0 Å². The van der Waals surface area contributed by atoms with Crippen LogP contribution in [0.4, 0.5) is 4.79 Å². The van der Waals surface area contributed by atoms with Crippen molar-refractivity contribution in [2.45, 2.75) is 51.2 Å². The molecule has 0 aromatic rings. The summed E-state index contributed by atoms with van der Waals surface area (Å²) < 4.78 is 11.1. The molecule has 0 bridgehead atoms. The van der Waals surface area contributed by atoms with Crippen LogP contribution in [0, 0.1) is 0 Å². The predicted octanol–water partition coefficient (Wildman–Crippen LogP) is 1.97. The molecule has 5 nitrogen and oxygen atoms in total. The summed E-state index contributed by atoms with van der Waals surface area (Å²) in [6, 6.07) is 0. The lowest BCUT2D eigenvalue weighted by Gasteiger charge is -2.26. The maximum atomic E-state index is 11.6. The summed E-state index contributed by atoms with van der Waals surface area (Å²) in [6.45, 7) is 5.05. The summed E-state index contributed by atoms with van der Waals surface area (Å²) >= 11 is 0. The van der Waals surface area contributed by atoms with Gasteiger partial charge in [-0.15, -0.1) is 0 Å². The molecule has 0 radical (unpaired) electrons. The number of ether oxygens (including phenoxy) is 2. The van der Waals surface area contributed by atoms with Gasteiger partial charge in [0.15, 0.2) is 0 Å². The van der Waals surface area contributed by atoms with Crippen molar-refractivity contribution in [1.82, 2.24) is 5.32 Å². The van der Waals surface area contributed by atoms with Gasteiger partial charge in [0.1, 0.15) is 5.60 Å². The van der Waals surface area contributed by atoms with Crippen LogP contribution >= 0.6 is 0 Å². The molecule has 0 unspecified atom stereocenters. The molecular weight excluding hydrogens is 244 g/mol. The summed E-state index contributed by atoms with van der Waals surface area (Å²) in [5.41, 5.74) is 4.69. The van der Waals surface area contributed by atoms with Gasteiger partial charge in [-0.2, -0.15) is 0 Å². The minimum absolute atomic E-state index is 0.332. The Labute approximate surface area is 115 Å². The van der Waals surface area contributed by atoms with E-state index in [-0.39, 0.29) is 0 Å². The van der Waals surface area contributed by atoms with Gasteiger partial charge in [0.25, 0.3) is 0 Å². The Morgan fingerprint density at radius 3 is 2.68 bits per heavy atom. The number of hydrogen-bond acceptors (Lipinski definition) is 4. The first-order chi connectivity index (χ1) is 9.03. The van der Waals surface area contributed by atoms with Crippen LogP contribution in [0.5, 0.6) is 0 Å². The molecule has 0 aliphatic heterocycles. The van der Waals surface area contributed by atoms with Gasteiger partial charge in [0.05, 0.1) is 12.7 Å². The second-order valence-corrected chi connectivity index (χ2v) is 5.45. The van der Waals surface area contributed by atoms with Crippen molar-refractivity contribution in [3.8, 4) is 0 Å². The highest BCUT2D eigenvalue weighted by molar-refractivity contribution is 5.67. The number of hydrogen-bond donors (Lipinski definition) is 2. The summed E-state index contributed by atoms with van der Waals surface area (Å²) in [4.78, 5) is 11.6. The molecule has 0 aromatic heterocycles. The molecule has 1 aliphatic rings. The Morgan fingerprint density at radius 2 is 2.05 bits per heavy atom. The number of nitrogens with one attached hydrogen (secondary N) is 1. The van der Waals surface area contributed by atoms with Gasteiger partial charge in [-0.05, 0) is 26.7 Å². The van der Waals surface area contributed by atoms with Crippen LogP contribution in [0.15, 0.2) is 12.2 Å². The number of carbonyl (C=O) groups is 1. The molecule has 19 heavy (non-hydrogen) atoms.